The molecular formula is C17H16Cl3N3S. The highest BCUT2D eigenvalue weighted by Gasteiger charge is 2.19. The highest BCUT2D eigenvalue weighted by atomic mass is 35.5. The summed E-state index contributed by atoms with van der Waals surface area (Å²) in [5.41, 5.74) is 1.87. The number of anilines is 2. The van der Waals surface area contributed by atoms with Crippen molar-refractivity contribution in [2.75, 3.05) is 36.4 Å². The van der Waals surface area contributed by atoms with Crippen molar-refractivity contribution in [1.82, 2.24) is 4.90 Å². The lowest BCUT2D eigenvalue weighted by atomic mass is 10.2. The first-order chi connectivity index (χ1) is 11.5. The van der Waals surface area contributed by atoms with Gasteiger partial charge in [-0.1, -0.05) is 40.9 Å². The molecule has 1 aliphatic rings. The van der Waals surface area contributed by atoms with Crippen LogP contribution in [0.2, 0.25) is 15.1 Å². The van der Waals surface area contributed by atoms with Gasteiger partial charge in [-0.25, -0.2) is 0 Å². The molecule has 0 amide bonds. The van der Waals surface area contributed by atoms with Crippen LogP contribution < -0.4 is 10.2 Å². The van der Waals surface area contributed by atoms with E-state index in [9.17, 15) is 0 Å². The summed E-state index contributed by atoms with van der Waals surface area (Å²) in [5.74, 6) is 0. The van der Waals surface area contributed by atoms with E-state index in [1.54, 1.807) is 18.2 Å². The standard InChI is InChI=1S/C17H16Cl3N3S/c18-12-2-1-3-14(10-12)22-6-8-23(9-7-22)17(24)21-16-11-13(19)4-5-15(16)20/h1-5,10-11H,6-9H2,(H,21,24). The summed E-state index contributed by atoms with van der Waals surface area (Å²) in [6.45, 7) is 3.42. The Kier molecular flexibility index (Phi) is 5.72. The molecule has 3 nitrogen and oxygen atoms in total. The first-order valence-corrected chi connectivity index (χ1v) is 9.08. The van der Waals surface area contributed by atoms with E-state index in [4.69, 9.17) is 47.0 Å². The molecular weight excluding hydrogens is 385 g/mol. The summed E-state index contributed by atoms with van der Waals surface area (Å²) in [7, 11) is 0. The second-order valence-electron chi connectivity index (χ2n) is 5.51. The molecule has 0 saturated carbocycles. The maximum atomic E-state index is 6.18. The fourth-order valence-electron chi connectivity index (χ4n) is 2.63. The van der Waals surface area contributed by atoms with Crippen LogP contribution in [-0.2, 0) is 0 Å². The number of piperazine rings is 1. The Balaban J connectivity index is 1.60. The van der Waals surface area contributed by atoms with Gasteiger partial charge in [0.15, 0.2) is 5.11 Å². The molecule has 0 aliphatic carbocycles. The van der Waals surface area contributed by atoms with Crippen LogP contribution in [0.5, 0.6) is 0 Å². The summed E-state index contributed by atoms with van der Waals surface area (Å²) >= 11 is 23.8. The SMILES string of the molecule is S=C(Nc1cc(Cl)ccc1Cl)N1CCN(c2cccc(Cl)c2)CC1. The number of nitrogens with zero attached hydrogens (tertiary/aromatic N) is 2. The third-order valence-electron chi connectivity index (χ3n) is 3.91. The average Bonchev–Trinajstić information content (AvgIpc) is 2.58. The monoisotopic (exact) mass is 399 g/mol. The van der Waals surface area contributed by atoms with Crippen molar-refractivity contribution >= 4 is 63.5 Å². The van der Waals surface area contributed by atoms with Gasteiger partial charge in [0.1, 0.15) is 0 Å². The zero-order chi connectivity index (χ0) is 17.1. The summed E-state index contributed by atoms with van der Waals surface area (Å²) in [5, 5.41) is 5.81. The normalized spacial score (nSPS) is 14.6. The quantitative estimate of drug-likeness (QED) is 0.701. The van der Waals surface area contributed by atoms with E-state index in [0.29, 0.717) is 15.2 Å². The Bertz CT molecular complexity index is 746. The predicted molar refractivity (Wildman–Crippen MR) is 108 cm³/mol. The molecule has 0 spiro atoms. The molecule has 0 unspecified atom stereocenters. The zero-order valence-electron chi connectivity index (χ0n) is 12.8. The van der Waals surface area contributed by atoms with Crippen molar-refractivity contribution in [3.63, 3.8) is 0 Å². The minimum atomic E-state index is 0.597. The lowest BCUT2D eigenvalue weighted by Gasteiger charge is -2.37. The number of hydrogen-bond acceptors (Lipinski definition) is 2. The van der Waals surface area contributed by atoms with E-state index < -0.39 is 0 Å². The molecule has 0 radical (unpaired) electrons. The fourth-order valence-corrected chi connectivity index (χ4v) is 3.44. The van der Waals surface area contributed by atoms with Gasteiger partial charge < -0.3 is 15.1 Å². The number of benzene rings is 2. The number of halogens is 3. The molecule has 3 rings (SSSR count). The third-order valence-corrected chi connectivity index (χ3v) is 5.07. The highest BCUT2D eigenvalue weighted by molar-refractivity contribution is 7.80. The molecule has 0 atom stereocenters. The van der Waals surface area contributed by atoms with Gasteiger partial charge in [-0.3, -0.25) is 0 Å². The molecule has 0 bridgehead atoms. The Hall–Kier alpha value is -1.20. The van der Waals surface area contributed by atoms with E-state index in [2.05, 4.69) is 21.2 Å². The number of rotatable bonds is 2. The van der Waals surface area contributed by atoms with Crippen molar-refractivity contribution in [3.05, 3.63) is 57.5 Å². The topological polar surface area (TPSA) is 18.5 Å². The summed E-state index contributed by atoms with van der Waals surface area (Å²) < 4.78 is 0. The largest absolute Gasteiger partial charge is 0.368 e. The second kappa shape index (κ2) is 7.79. The van der Waals surface area contributed by atoms with Gasteiger partial charge in [-0.2, -0.15) is 0 Å². The van der Waals surface area contributed by atoms with Crippen molar-refractivity contribution in [2.24, 2.45) is 0 Å². The lowest BCUT2D eigenvalue weighted by molar-refractivity contribution is 0.391. The maximum Gasteiger partial charge on any atom is 0.173 e. The Morgan fingerprint density at radius 3 is 2.33 bits per heavy atom. The van der Waals surface area contributed by atoms with Crippen molar-refractivity contribution in [3.8, 4) is 0 Å². The molecule has 126 valence electrons. The molecule has 0 aromatic heterocycles. The smallest absolute Gasteiger partial charge is 0.173 e. The van der Waals surface area contributed by atoms with Crippen LogP contribution in [0.4, 0.5) is 11.4 Å². The van der Waals surface area contributed by atoms with E-state index >= 15 is 0 Å². The zero-order valence-corrected chi connectivity index (χ0v) is 15.9. The average molecular weight is 401 g/mol. The molecule has 2 aromatic carbocycles. The Morgan fingerprint density at radius 1 is 0.917 bits per heavy atom. The van der Waals surface area contributed by atoms with Crippen LogP contribution in [0.3, 0.4) is 0 Å². The van der Waals surface area contributed by atoms with E-state index in [1.807, 2.05) is 18.2 Å². The maximum absolute atomic E-state index is 6.18. The van der Waals surface area contributed by atoms with Crippen molar-refractivity contribution in [2.45, 2.75) is 0 Å². The molecule has 2 aromatic rings. The minimum Gasteiger partial charge on any atom is -0.368 e. The van der Waals surface area contributed by atoms with Gasteiger partial charge in [-0.05, 0) is 48.6 Å². The van der Waals surface area contributed by atoms with Crippen LogP contribution in [0.15, 0.2) is 42.5 Å². The number of thiocarbonyl (C=S) groups is 1. The van der Waals surface area contributed by atoms with Gasteiger partial charge in [0.25, 0.3) is 0 Å². The highest BCUT2D eigenvalue weighted by Crippen LogP contribution is 2.26. The van der Waals surface area contributed by atoms with Gasteiger partial charge in [-0.15, -0.1) is 0 Å². The Morgan fingerprint density at radius 2 is 1.62 bits per heavy atom. The minimum absolute atomic E-state index is 0.597. The molecule has 1 N–H and O–H groups in total. The van der Waals surface area contributed by atoms with Crippen LogP contribution >= 0.6 is 47.0 Å². The van der Waals surface area contributed by atoms with E-state index in [-0.39, 0.29) is 0 Å². The van der Waals surface area contributed by atoms with Crippen LogP contribution in [0, 0.1) is 0 Å². The molecule has 1 saturated heterocycles. The molecule has 1 aliphatic heterocycles. The Labute approximate surface area is 162 Å². The first kappa shape index (κ1) is 17.6. The summed E-state index contributed by atoms with van der Waals surface area (Å²) in [6, 6.07) is 13.2. The van der Waals surface area contributed by atoms with E-state index in [1.165, 1.54) is 0 Å². The number of hydrogen-bond donors (Lipinski definition) is 1. The third kappa shape index (κ3) is 4.25. The van der Waals surface area contributed by atoms with Gasteiger partial charge >= 0.3 is 0 Å². The van der Waals surface area contributed by atoms with Crippen molar-refractivity contribution < 1.29 is 0 Å². The van der Waals surface area contributed by atoms with Gasteiger partial charge in [0, 0.05) is 41.9 Å². The van der Waals surface area contributed by atoms with Gasteiger partial charge in [0.2, 0.25) is 0 Å². The molecule has 24 heavy (non-hydrogen) atoms. The second-order valence-corrected chi connectivity index (χ2v) is 7.18. The fraction of sp³-hybridized carbons (Fsp3) is 0.235. The van der Waals surface area contributed by atoms with Crippen LogP contribution in [-0.4, -0.2) is 36.2 Å². The summed E-state index contributed by atoms with van der Waals surface area (Å²) in [6.07, 6.45) is 0. The first-order valence-electron chi connectivity index (χ1n) is 7.54. The van der Waals surface area contributed by atoms with Crippen LogP contribution in [0.1, 0.15) is 0 Å². The number of nitrogens with one attached hydrogen (secondary N) is 1. The molecule has 1 heterocycles. The van der Waals surface area contributed by atoms with E-state index in [0.717, 1.165) is 42.6 Å². The van der Waals surface area contributed by atoms with Crippen molar-refractivity contribution in [1.29, 1.82) is 0 Å². The predicted octanol–water partition coefficient (Wildman–Crippen LogP) is 5.17. The lowest BCUT2D eigenvalue weighted by Crippen LogP contribution is -2.50. The van der Waals surface area contributed by atoms with Crippen LogP contribution in [0.25, 0.3) is 0 Å². The molecule has 1 fully saturated rings. The van der Waals surface area contributed by atoms with Gasteiger partial charge in [0.05, 0.1) is 10.7 Å². The summed E-state index contributed by atoms with van der Waals surface area (Å²) in [4.78, 5) is 4.44. The molecule has 7 heteroatoms.